The van der Waals surface area contributed by atoms with E-state index in [1.807, 2.05) is 0 Å². The minimum absolute atomic E-state index is 0.0792. The van der Waals surface area contributed by atoms with Gasteiger partial charge in [-0.05, 0) is 56.4 Å². The lowest BCUT2D eigenvalue weighted by Gasteiger charge is -2.23. The van der Waals surface area contributed by atoms with Crippen molar-refractivity contribution in [2.45, 2.75) is 45.8 Å². The molecule has 4 rings (SSSR count). The van der Waals surface area contributed by atoms with E-state index in [9.17, 15) is 26.3 Å². The molecule has 8 heteroatoms. The van der Waals surface area contributed by atoms with E-state index in [2.05, 4.69) is 0 Å². The summed E-state index contributed by atoms with van der Waals surface area (Å²) in [4.78, 5) is 0. The van der Waals surface area contributed by atoms with E-state index < -0.39 is 46.0 Å². The Morgan fingerprint density at radius 1 is 0.750 bits per heavy atom. The fraction of sp³-hybridized carbons (Fsp3) is 0.286. The topological polar surface area (TPSA) is 18.5 Å². The number of rotatable bonds is 7. The van der Waals surface area contributed by atoms with Gasteiger partial charge in [-0.15, -0.1) is 0 Å². The van der Waals surface area contributed by atoms with Gasteiger partial charge < -0.3 is 9.47 Å². The van der Waals surface area contributed by atoms with E-state index in [1.165, 1.54) is 25.1 Å². The molecule has 0 amide bonds. The summed E-state index contributed by atoms with van der Waals surface area (Å²) < 4.78 is 97.1. The largest absolute Gasteiger partial charge is 0.491 e. The summed E-state index contributed by atoms with van der Waals surface area (Å²) in [6, 6.07) is 7.78. The van der Waals surface area contributed by atoms with Crippen molar-refractivity contribution in [3.05, 3.63) is 94.1 Å². The molecule has 1 atom stereocenters. The van der Waals surface area contributed by atoms with Crippen molar-refractivity contribution in [1.29, 1.82) is 0 Å². The van der Waals surface area contributed by atoms with Crippen LogP contribution < -0.4 is 4.74 Å². The molecule has 3 aromatic rings. The van der Waals surface area contributed by atoms with Crippen LogP contribution in [0.3, 0.4) is 0 Å². The van der Waals surface area contributed by atoms with Gasteiger partial charge in [-0.25, -0.2) is 22.0 Å². The summed E-state index contributed by atoms with van der Waals surface area (Å²) in [6.45, 7) is 2.97. The molecule has 1 aliphatic carbocycles. The van der Waals surface area contributed by atoms with Crippen molar-refractivity contribution in [3.63, 3.8) is 0 Å². The molecule has 0 bridgehead atoms. The molecule has 3 aromatic carbocycles. The van der Waals surface area contributed by atoms with E-state index in [-0.39, 0.29) is 41.8 Å². The predicted octanol–water partition coefficient (Wildman–Crippen LogP) is 8.05. The van der Waals surface area contributed by atoms with Gasteiger partial charge >= 0.3 is 0 Å². The first-order chi connectivity index (χ1) is 17.2. The van der Waals surface area contributed by atoms with Gasteiger partial charge in [0.25, 0.3) is 0 Å². The maximum absolute atomic E-state index is 14.8. The fourth-order valence-corrected chi connectivity index (χ4v) is 4.22. The molecule has 190 valence electrons. The quantitative estimate of drug-likeness (QED) is 0.302. The zero-order valence-corrected chi connectivity index (χ0v) is 19.7. The lowest BCUT2D eigenvalue weighted by atomic mass is 9.91. The molecule has 2 nitrogen and oxygen atoms in total. The number of hydrogen-bond acceptors (Lipinski definition) is 2. The van der Waals surface area contributed by atoms with Crippen LogP contribution in [0, 0.1) is 41.8 Å². The van der Waals surface area contributed by atoms with Gasteiger partial charge in [0.2, 0.25) is 5.82 Å². The lowest BCUT2D eigenvalue weighted by Crippen LogP contribution is -2.16. The van der Waals surface area contributed by atoms with Crippen molar-refractivity contribution >= 4 is 5.57 Å². The average Bonchev–Trinajstić information content (AvgIpc) is 2.87. The summed E-state index contributed by atoms with van der Waals surface area (Å²) in [7, 11) is 0. The highest BCUT2D eigenvalue weighted by molar-refractivity contribution is 5.68. The molecule has 0 radical (unpaired) electrons. The van der Waals surface area contributed by atoms with Crippen molar-refractivity contribution in [1.82, 2.24) is 0 Å². The van der Waals surface area contributed by atoms with Crippen LogP contribution in [0.15, 0.2) is 42.5 Å². The Labute approximate surface area is 205 Å². The van der Waals surface area contributed by atoms with Gasteiger partial charge in [0.1, 0.15) is 0 Å². The standard InChI is InChI=1S/C28H24F6O2/c1-3-35-22-13-12-21(27(33)28(22)34)20-11-7-17(24(30)26(20)32)14-36-18-8-5-16(6-9-18)19-10-4-15(2)23(29)25(19)31/h4-5,7,10-13,18H,3,6,8-9,14H2,1-2H3. The van der Waals surface area contributed by atoms with Crippen LogP contribution in [-0.4, -0.2) is 12.7 Å². The van der Waals surface area contributed by atoms with Gasteiger partial charge in [0, 0.05) is 22.3 Å². The fourth-order valence-electron chi connectivity index (χ4n) is 4.22. The van der Waals surface area contributed by atoms with Crippen LogP contribution in [0.25, 0.3) is 16.7 Å². The molecule has 0 saturated carbocycles. The van der Waals surface area contributed by atoms with E-state index >= 15 is 0 Å². The van der Waals surface area contributed by atoms with Crippen molar-refractivity contribution in [3.8, 4) is 16.9 Å². The number of hydrogen-bond donors (Lipinski definition) is 0. The second-order valence-corrected chi connectivity index (χ2v) is 8.57. The molecule has 1 aliphatic rings. The molecular formula is C28H24F6O2. The first-order valence-electron chi connectivity index (χ1n) is 11.6. The van der Waals surface area contributed by atoms with Crippen LogP contribution in [0.4, 0.5) is 26.3 Å². The first kappa shape index (κ1) is 25.8. The van der Waals surface area contributed by atoms with Crippen LogP contribution in [0.1, 0.15) is 42.9 Å². The van der Waals surface area contributed by atoms with Gasteiger partial charge in [0.05, 0.1) is 19.3 Å². The second-order valence-electron chi connectivity index (χ2n) is 8.57. The van der Waals surface area contributed by atoms with Crippen LogP contribution in [-0.2, 0) is 11.3 Å². The van der Waals surface area contributed by atoms with Crippen molar-refractivity contribution < 1.29 is 35.8 Å². The Bertz CT molecular complexity index is 1320. The molecule has 0 N–H and O–H groups in total. The number of benzene rings is 3. The van der Waals surface area contributed by atoms with E-state index in [4.69, 9.17) is 9.47 Å². The summed E-state index contributed by atoms with van der Waals surface area (Å²) in [5, 5.41) is 0. The van der Waals surface area contributed by atoms with Crippen molar-refractivity contribution in [2.75, 3.05) is 6.61 Å². The highest BCUT2D eigenvalue weighted by Gasteiger charge is 2.23. The van der Waals surface area contributed by atoms with Crippen LogP contribution >= 0.6 is 0 Å². The molecule has 0 aliphatic heterocycles. The molecule has 1 unspecified atom stereocenters. The number of halogens is 6. The maximum Gasteiger partial charge on any atom is 0.201 e. The van der Waals surface area contributed by atoms with E-state index in [0.29, 0.717) is 24.8 Å². The highest BCUT2D eigenvalue weighted by atomic mass is 19.2. The summed E-state index contributed by atoms with van der Waals surface area (Å²) in [5.41, 5.74) is 0.169. The van der Waals surface area contributed by atoms with Gasteiger partial charge in [-0.1, -0.05) is 30.3 Å². The lowest BCUT2D eigenvalue weighted by molar-refractivity contribution is 0.0342. The molecule has 36 heavy (non-hydrogen) atoms. The first-order valence-corrected chi connectivity index (χ1v) is 11.6. The Morgan fingerprint density at radius 3 is 2.06 bits per heavy atom. The normalized spacial score (nSPS) is 15.7. The van der Waals surface area contributed by atoms with Gasteiger partial charge in [-0.2, -0.15) is 4.39 Å². The number of allylic oxidation sites excluding steroid dienone is 1. The van der Waals surface area contributed by atoms with Crippen molar-refractivity contribution in [2.24, 2.45) is 0 Å². The summed E-state index contributed by atoms with van der Waals surface area (Å²) in [6.07, 6.45) is 2.74. The summed E-state index contributed by atoms with van der Waals surface area (Å²) in [5.74, 6) is -7.23. The minimum Gasteiger partial charge on any atom is -0.491 e. The van der Waals surface area contributed by atoms with E-state index in [0.717, 1.165) is 12.1 Å². The molecule has 0 saturated heterocycles. The molecule has 0 aromatic heterocycles. The third kappa shape index (κ3) is 5.00. The molecular weight excluding hydrogens is 482 g/mol. The Kier molecular flexibility index (Phi) is 7.73. The monoisotopic (exact) mass is 506 g/mol. The second kappa shape index (κ2) is 10.8. The van der Waals surface area contributed by atoms with Crippen LogP contribution in [0.5, 0.6) is 5.75 Å². The van der Waals surface area contributed by atoms with Crippen LogP contribution in [0.2, 0.25) is 0 Å². The molecule has 0 fully saturated rings. The molecule has 0 spiro atoms. The predicted molar refractivity (Wildman–Crippen MR) is 124 cm³/mol. The number of aryl methyl sites for hydroxylation is 1. The average molecular weight is 506 g/mol. The summed E-state index contributed by atoms with van der Waals surface area (Å²) >= 11 is 0. The van der Waals surface area contributed by atoms with Gasteiger partial charge in [0.15, 0.2) is 34.8 Å². The smallest absolute Gasteiger partial charge is 0.201 e. The minimum atomic E-state index is -1.34. The maximum atomic E-state index is 14.8. The Balaban J connectivity index is 1.45. The van der Waals surface area contributed by atoms with Gasteiger partial charge in [-0.3, -0.25) is 0 Å². The zero-order chi connectivity index (χ0) is 26.0. The highest BCUT2D eigenvalue weighted by Crippen LogP contribution is 2.34. The Hall–Kier alpha value is -3.26. The molecule has 0 heterocycles. The zero-order valence-electron chi connectivity index (χ0n) is 19.7. The Morgan fingerprint density at radius 2 is 1.39 bits per heavy atom. The third-order valence-corrected chi connectivity index (χ3v) is 6.26. The SMILES string of the molecule is CCOc1ccc(-c2ccc(COC3CC=C(c4ccc(C)c(F)c4F)CC3)c(F)c2F)c(F)c1F. The number of ether oxygens (including phenoxy) is 2. The third-order valence-electron chi connectivity index (χ3n) is 6.26. The van der Waals surface area contributed by atoms with E-state index in [1.54, 1.807) is 19.1 Å².